The largest absolute Gasteiger partial charge is 0.292 e. The van der Waals surface area contributed by atoms with Gasteiger partial charge < -0.3 is 0 Å². The van der Waals surface area contributed by atoms with Crippen LogP contribution in [0.3, 0.4) is 0 Å². The van der Waals surface area contributed by atoms with E-state index in [4.69, 9.17) is 11.6 Å². The third-order valence-corrected chi connectivity index (χ3v) is 5.24. The second kappa shape index (κ2) is 6.12. The van der Waals surface area contributed by atoms with Crippen molar-refractivity contribution in [3.05, 3.63) is 33.0 Å². The Balaban J connectivity index is 2.32. The minimum absolute atomic E-state index is 0.0368. The van der Waals surface area contributed by atoms with Gasteiger partial charge in [0.1, 0.15) is 0 Å². The van der Waals surface area contributed by atoms with Crippen molar-refractivity contribution in [3.8, 4) is 0 Å². The third-order valence-electron chi connectivity index (χ3n) is 3.98. The summed E-state index contributed by atoms with van der Waals surface area (Å²) in [5.41, 5.74) is -0.646. The van der Waals surface area contributed by atoms with Gasteiger partial charge in [0.2, 0.25) is 0 Å². The highest BCUT2D eigenvalue weighted by molar-refractivity contribution is 9.10. The van der Waals surface area contributed by atoms with Crippen molar-refractivity contribution in [1.29, 1.82) is 0 Å². The molecule has 2 nitrogen and oxygen atoms in total. The van der Waals surface area contributed by atoms with Gasteiger partial charge in [-0.05, 0) is 67.8 Å². The predicted octanol–water partition coefficient (Wildman–Crippen LogP) is 4.69. The molecule has 110 valence electrons. The maximum Gasteiger partial charge on any atom is 0.185 e. The van der Waals surface area contributed by atoms with Gasteiger partial charge in [0.15, 0.2) is 11.6 Å². The first-order valence-corrected chi connectivity index (χ1v) is 7.96. The smallest absolute Gasteiger partial charge is 0.185 e. The minimum Gasteiger partial charge on any atom is -0.292 e. The van der Waals surface area contributed by atoms with Crippen molar-refractivity contribution in [2.45, 2.75) is 38.6 Å². The van der Waals surface area contributed by atoms with Crippen molar-refractivity contribution in [2.75, 3.05) is 13.1 Å². The number of Topliss-reactive ketones (excluding diaryl/α,β-unsaturated/α-hetero) is 1. The van der Waals surface area contributed by atoms with Crippen LogP contribution < -0.4 is 0 Å². The van der Waals surface area contributed by atoms with Crippen LogP contribution in [0.25, 0.3) is 0 Å². The molecule has 0 bridgehead atoms. The first-order chi connectivity index (χ1) is 9.35. The lowest BCUT2D eigenvalue weighted by molar-refractivity contribution is 0.0575. The zero-order valence-corrected chi connectivity index (χ0v) is 14.0. The molecule has 1 aliphatic heterocycles. The van der Waals surface area contributed by atoms with Crippen molar-refractivity contribution in [2.24, 2.45) is 0 Å². The molecule has 0 radical (unpaired) electrons. The second-order valence-electron chi connectivity index (χ2n) is 5.66. The fraction of sp³-hybridized carbons (Fsp3) is 0.533. The lowest BCUT2D eigenvalue weighted by Gasteiger charge is -2.39. The van der Waals surface area contributed by atoms with E-state index in [9.17, 15) is 9.18 Å². The summed E-state index contributed by atoms with van der Waals surface area (Å²) in [4.78, 5) is 14.8. The molecule has 2 rings (SSSR count). The summed E-state index contributed by atoms with van der Waals surface area (Å²) < 4.78 is 14.7. The van der Waals surface area contributed by atoms with Gasteiger partial charge in [-0.1, -0.05) is 18.0 Å². The Labute approximate surface area is 132 Å². The van der Waals surface area contributed by atoms with Crippen LogP contribution in [-0.4, -0.2) is 29.3 Å². The molecule has 5 heteroatoms. The quantitative estimate of drug-likeness (QED) is 0.574. The van der Waals surface area contributed by atoms with E-state index in [0.29, 0.717) is 4.47 Å². The van der Waals surface area contributed by atoms with Crippen molar-refractivity contribution in [1.82, 2.24) is 4.90 Å². The van der Waals surface area contributed by atoms with Crippen LogP contribution in [-0.2, 0) is 0 Å². The summed E-state index contributed by atoms with van der Waals surface area (Å²) in [6.07, 6.45) is 3.36. The molecule has 0 N–H and O–H groups in total. The molecule has 1 fully saturated rings. The molecule has 0 unspecified atom stereocenters. The minimum atomic E-state index is -0.710. The van der Waals surface area contributed by atoms with E-state index in [2.05, 4.69) is 20.8 Å². The average molecular weight is 363 g/mol. The third kappa shape index (κ3) is 2.92. The van der Waals surface area contributed by atoms with Crippen LogP contribution in [0.2, 0.25) is 5.02 Å². The normalized spacial score (nSPS) is 17.2. The predicted molar refractivity (Wildman–Crippen MR) is 82.9 cm³/mol. The number of ketones is 1. The van der Waals surface area contributed by atoms with Crippen LogP contribution in [0.15, 0.2) is 16.6 Å². The van der Waals surface area contributed by atoms with Crippen molar-refractivity contribution in [3.63, 3.8) is 0 Å². The maximum absolute atomic E-state index is 14.2. The Morgan fingerprint density at radius 3 is 2.50 bits per heavy atom. The zero-order valence-electron chi connectivity index (χ0n) is 11.7. The van der Waals surface area contributed by atoms with Crippen molar-refractivity contribution < 1.29 is 9.18 Å². The number of halogens is 3. The number of carbonyl (C=O) groups is 1. The standard InChI is InChI=1S/C15H18BrClFNO/c1-15(2,19-8-4-3-5-9-19)14(20)10-6-7-11(16)12(17)13(10)18/h6-7H,3-5,8-9H2,1-2H3. The molecule has 1 aromatic carbocycles. The van der Waals surface area contributed by atoms with Gasteiger partial charge in [0.05, 0.1) is 16.1 Å². The molecule has 1 heterocycles. The SMILES string of the molecule is CC(C)(C(=O)c1ccc(Br)c(Cl)c1F)N1CCCCC1. The highest BCUT2D eigenvalue weighted by Gasteiger charge is 2.37. The highest BCUT2D eigenvalue weighted by Crippen LogP contribution is 2.31. The summed E-state index contributed by atoms with van der Waals surface area (Å²) in [6.45, 7) is 5.47. The molecular formula is C15H18BrClFNO. The Bertz CT molecular complexity index is 527. The van der Waals surface area contributed by atoms with Crippen molar-refractivity contribution >= 4 is 33.3 Å². The summed E-state index contributed by atoms with van der Waals surface area (Å²) in [5, 5.41) is -0.0368. The number of piperidine rings is 1. The molecule has 1 saturated heterocycles. The fourth-order valence-electron chi connectivity index (χ4n) is 2.63. The zero-order chi connectivity index (χ0) is 14.9. The van der Waals surface area contributed by atoms with Gasteiger partial charge in [0, 0.05) is 4.47 Å². The number of benzene rings is 1. The lowest BCUT2D eigenvalue weighted by atomic mass is 9.89. The van der Waals surface area contributed by atoms with E-state index in [1.54, 1.807) is 6.07 Å². The molecule has 0 aromatic heterocycles. The second-order valence-corrected chi connectivity index (χ2v) is 6.89. The maximum atomic E-state index is 14.2. The molecule has 1 aromatic rings. The summed E-state index contributed by atoms with van der Waals surface area (Å²) >= 11 is 9.04. The number of hydrogen-bond acceptors (Lipinski definition) is 2. The summed E-state index contributed by atoms with van der Waals surface area (Å²) in [6, 6.07) is 3.12. The molecule has 0 aliphatic carbocycles. The van der Waals surface area contributed by atoms with E-state index in [1.807, 2.05) is 13.8 Å². The van der Waals surface area contributed by atoms with Crippen LogP contribution in [0.4, 0.5) is 4.39 Å². The van der Waals surface area contributed by atoms with E-state index in [1.165, 1.54) is 12.5 Å². The Morgan fingerprint density at radius 1 is 1.30 bits per heavy atom. The van der Waals surface area contributed by atoms with Gasteiger partial charge in [-0.2, -0.15) is 0 Å². The number of likely N-dealkylation sites (tertiary alicyclic amines) is 1. The van der Waals surface area contributed by atoms with Gasteiger partial charge in [-0.15, -0.1) is 0 Å². The van der Waals surface area contributed by atoms with E-state index in [0.717, 1.165) is 25.9 Å². The van der Waals surface area contributed by atoms with Crippen LogP contribution in [0, 0.1) is 5.82 Å². The Morgan fingerprint density at radius 2 is 1.90 bits per heavy atom. The van der Waals surface area contributed by atoms with Gasteiger partial charge in [0.25, 0.3) is 0 Å². The first-order valence-electron chi connectivity index (χ1n) is 6.79. The Hall–Kier alpha value is -0.450. The molecular weight excluding hydrogens is 345 g/mol. The molecule has 0 saturated carbocycles. The lowest BCUT2D eigenvalue weighted by Crippen LogP contribution is -2.52. The highest BCUT2D eigenvalue weighted by atomic mass is 79.9. The molecule has 0 atom stereocenters. The van der Waals surface area contributed by atoms with E-state index in [-0.39, 0.29) is 16.4 Å². The van der Waals surface area contributed by atoms with Gasteiger partial charge >= 0.3 is 0 Å². The van der Waals surface area contributed by atoms with E-state index < -0.39 is 11.4 Å². The Kier molecular flexibility index (Phi) is 4.88. The number of rotatable bonds is 3. The number of nitrogens with zero attached hydrogens (tertiary/aromatic N) is 1. The number of hydrogen-bond donors (Lipinski definition) is 0. The van der Waals surface area contributed by atoms with Gasteiger partial charge in [-0.3, -0.25) is 9.69 Å². The van der Waals surface area contributed by atoms with Crippen LogP contribution >= 0.6 is 27.5 Å². The molecule has 20 heavy (non-hydrogen) atoms. The fourth-order valence-corrected chi connectivity index (χ4v) is 3.10. The summed E-state index contributed by atoms with van der Waals surface area (Å²) in [7, 11) is 0. The first kappa shape index (κ1) is 15.9. The molecule has 0 amide bonds. The van der Waals surface area contributed by atoms with E-state index >= 15 is 0 Å². The van der Waals surface area contributed by atoms with Gasteiger partial charge in [-0.25, -0.2) is 4.39 Å². The topological polar surface area (TPSA) is 20.3 Å². The number of carbonyl (C=O) groups excluding carboxylic acids is 1. The average Bonchev–Trinajstić information content (AvgIpc) is 2.45. The monoisotopic (exact) mass is 361 g/mol. The molecule has 1 aliphatic rings. The van der Waals surface area contributed by atoms with Crippen LogP contribution in [0.1, 0.15) is 43.5 Å². The van der Waals surface area contributed by atoms with Crippen LogP contribution in [0.5, 0.6) is 0 Å². The summed E-state index contributed by atoms with van der Waals surface area (Å²) in [5.74, 6) is -0.859. The molecule has 0 spiro atoms.